The summed E-state index contributed by atoms with van der Waals surface area (Å²) < 4.78 is 3.49. The number of nitrogens with zero attached hydrogens (tertiary/aromatic N) is 3. The highest BCUT2D eigenvalue weighted by Crippen LogP contribution is 2.36. The maximum absolute atomic E-state index is 13.6. The van der Waals surface area contributed by atoms with Gasteiger partial charge in [-0.05, 0) is 37.0 Å². The molecule has 30 heavy (non-hydrogen) atoms. The number of H-pyrrole nitrogens is 1. The SMILES string of the molecule is C[C@@H]1CCCC[C@@H]1n1c(=O)n(CC(=O)c2cccc(Cl)c2)c2cnc3[nH]ccc3c21. The lowest BCUT2D eigenvalue weighted by Gasteiger charge is -2.29. The smallest absolute Gasteiger partial charge is 0.329 e. The van der Waals surface area contributed by atoms with Crippen molar-refractivity contribution in [3.05, 3.63) is 63.8 Å². The fraction of sp³-hybridized carbons (Fsp3) is 0.348. The van der Waals surface area contributed by atoms with Crippen molar-refractivity contribution in [1.29, 1.82) is 0 Å². The third-order valence-corrected chi connectivity index (χ3v) is 6.59. The van der Waals surface area contributed by atoms with Gasteiger partial charge >= 0.3 is 5.69 Å². The number of hydrogen-bond acceptors (Lipinski definition) is 3. The zero-order valence-corrected chi connectivity index (χ0v) is 17.5. The third kappa shape index (κ3) is 3.06. The van der Waals surface area contributed by atoms with E-state index >= 15 is 0 Å². The number of fused-ring (bicyclic) bond motifs is 3. The number of nitrogens with one attached hydrogen (secondary N) is 1. The Kier molecular flexibility index (Phi) is 4.74. The first-order valence-corrected chi connectivity index (χ1v) is 10.8. The van der Waals surface area contributed by atoms with Gasteiger partial charge in [-0.1, -0.05) is 43.5 Å². The summed E-state index contributed by atoms with van der Waals surface area (Å²) in [4.78, 5) is 34.2. The van der Waals surface area contributed by atoms with Crippen LogP contribution in [-0.2, 0) is 6.54 Å². The quantitative estimate of drug-likeness (QED) is 0.472. The molecule has 3 aromatic heterocycles. The van der Waals surface area contributed by atoms with Crippen LogP contribution < -0.4 is 5.69 Å². The second-order valence-electron chi connectivity index (χ2n) is 8.23. The van der Waals surface area contributed by atoms with Crippen molar-refractivity contribution in [2.45, 2.75) is 45.2 Å². The largest absolute Gasteiger partial charge is 0.346 e. The van der Waals surface area contributed by atoms with Crippen molar-refractivity contribution < 1.29 is 4.79 Å². The molecule has 3 heterocycles. The van der Waals surface area contributed by atoms with Gasteiger partial charge in [0.1, 0.15) is 5.65 Å². The summed E-state index contributed by atoms with van der Waals surface area (Å²) in [6.07, 6.45) is 7.91. The molecule has 1 aromatic carbocycles. The molecule has 2 atom stereocenters. The average Bonchev–Trinajstić information content (AvgIpc) is 3.32. The van der Waals surface area contributed by atoms with Gasteiger partial charge in [0.25, 0.3) is 0 Å². The Bertz CT molecular complexity index is 1320. The van der Waals surface area contributed by atoms with Gasteiger partial charge in [-0.3, -0.25) is 13.9 Å². The summed E-state index contributed by atoms with van der Waals surface area (Å²) in [5.41, 5.74) is 2.66. The van der Waals surface area contributed by atoms with Crippen molar-refractivity contribution in [3.63, 3.8) is 0 Å². The Labute approximate surface area is 178 Å². The Morgan fingerprint density at radius 1 is 1.27 bits per heavy atom. The first kappa shape index (κ1) is 19.1. The molecule has 4 aromatic rings. The van der Waals surface area contributed by atoms with E-state index in [1.807, 2.05) is 16.8 Å². The van der Waals surface area contributed by atoms with Crippen LogP contribution in [0.15, 0.2) is 47.5 Å². The summed E-state index contributed by atoms with van der Waals surface area (Å²) in [5.74, 6) is 0.255. The number of imidazole rings is 1. The van der Waals surface area contributed by atoms with Gasteiger partial charge in [0, 0.05) is 28.2 Å². The number of ketones is 1. The summed E-state index contributed by atoms with van der Waals surface area (Å²) in [5, 5.41) is 1.42. The van der Waals surface area contributed by atoms with Crippen molar-refractivity contribution in [2.75, 3.05) is 0 Å². The summed E-state index contributed by atoms with van der Waals surface area (Å²) in [6, 6.07) is 8.92. The molecular weight excluding hydrogens is 400 g/mol. The van der Waals surface area contributed by atoms with Gasteiger partial charge in [0.15, 0.2) is 5.78 Å². The topological polar surface area (TPSA) is 72.7 Å². The van der Waals surface area contributed by atoms with Crippen LogP contribution >= 0.6 is 11.6 Å². The maximum Gasteiger partial charge on any atom is 0.329 e. The van der Waals surface area contributed by atoms with E-state index in [2.05, 4.69) is 16.9 Å². The molecule has 0 radical (unpaired) electrons. The molecule has 5 rings (SSSR count). The number of halogens is 1. The molecule has 0 saturated heterocycles. The first-order chi connectivity index (χ1) is 14.5. The van der Waals surface area contributed by atoms with Crippen LogP contribution in [-0.4, -0.2) is 24.9 Å². The normalized spacial score (nSPS) is 19.5. The van der Waals surface area contributed by atoms with Crippen molar-refractivity contribution >= 4 is 39.5 Å². The molecule has 6 nitrogen and oxygen atoms in total. The summed E-state index contributed by atoms with van der Waals surface area (Å²) in [6.45, 7) is 2.17. The zero-order valence-electron chi connectivity index (χ0n) is 16.8. The maximum atomic E-state index is 13.6. The molecule has 7 heteroatoms. The molecule has 154 valence electrons. The number of rotatable bonds is 4. The van der Waals surface area contributed by atoms with Crippen molar-refractivity contribution in [3.8, 4) is 0 Å². The lowest BCUT2D eigenvalue weighted by molar-refractivity contribution is 0.0971. The minimum absolute atomic E-state index is 0.0403. The molecule has 1 aliphatic rings. The van der Waals surface area contributed by atoms with Gasteiger partial charge < -0.3 is 4.98 Å². The Balaban J connectivity index is 1.70. The van der Waals surface area contributed by atoms with Crippen LogP contribution in [0.5, 0.6) is 0 Å². The molecule has 1 fully saturated rings. The van der Waals surface area contributed by atoms with Crippen LogP contribution in [0.4, 0.5) is 0 Å². The zero-order chi connectivity index (χ0) is 20.8. The van der Waals surface area contributed by atoms with Crippen molar-refractivity contribution in [2.24, 2.45) is 5.92 Å². The number of Topliss-reactive ketones (excluding diaryl/α,β-unsaturated/α-hetero) is 1. The Hall–Kier alpha value is -2.86. The van der Waals surface area contributed by atoms with E-state index in [1.54, 1.807) is 35.0 Å². The second kappa shape index (κ2) is 7.43. The fourth-order valence-corrected chi connectivity index (χ4v) is 4.99. The fourth-order valence-electron chi connectivity index (χ4n) is 4.80. The lowest BCUT2D eigenvalue weighted by Crippen LogP contribution is -2.33. The van der Waals surface area contributed by atoms with Crippen LogP contribution in [0.25, 0.3) is 22.1 Å². The number of hydrogen-bond donors (Lipinski definition) is 1. The predicted octanol–water partition coefficient (Wildman–Crippen LogP) is 4.97. The third-order valence-electron chi connectivity index (χ3n) is 6.35. The molecule has 1 aliphatic carbocycles. The van der Waals surface area contributed by atoms with Crippen LogP contribution in [0.2, 0.25) is 5.02 Å². The monoisotopic (exact) mass is 422 g/mol. The predicted molar refractivity (Wildman–Crippen MR) is 118 cm³/mol. The molecule has 0 unspecified atom stereocenters. The standard InChI is InChI=1S/C23H23ClN4O2/c1-14-5-2-3-8-18(14)28-21-17-9-10-25-22(17)26-12-19(21)27(23(28)30)13-20(29)15-6-4-7-16(24)11-15/h4,6-7,9-12,14,18H,2-3,5,8,13H2,1H3,(H,25,26)/t14-,18+/m1/s1. The van der Waals surface area contributed by atoms with E-state index in [-0.39, 0.29) is 24.1 Å². The van der Waals surface area contributed by atoms with Gasteiger partial charge in [-0.2, -0.15) is 0 Å². The molecular formula is C23H23ClN4O2. The minimum Gasteiger partial charge on any atom is -0.346 e. The van der Waals surface area contributed by atoms with E-state index in [1.165, 1.54) is 6.42 Å². The molecule has 1 saturated carbocycles. The number of benzene rings is 1. The number of aromatic amines is 1. The number of pyridine rings is 1. The van der Waals surface area contributed by atoms with Gasteiger partial charge in [-0.15, -0.1) is 0 Å². The summed E-state index contributed by atoms with van der Waals surface area (Å²) >= 11 is 6.05. The lowest BCUT2D eigenvalue weighted by atomic mass is 9.85. The first-order valence-electron chi connectivity index (χ1n) is 10.4. The number of carbonyl (C=O) groups is 1. The highest BCUT2D eigenvalue weighted by atomic mass is 35.5. The molecule has 0 bridgehead atoms. The van der Waals surface area contributed by atoms with E-state index in [4.69, 9.17) is 11.6 Å². The highest BCUT2D eigenvalue weighted by Gasteiger charge is 2.29. The summed E-state index contributed by atoms with van der Waals surface area (Å²) in [7, 11) is 0. The molecule has 0 aliphatic heterocycles. The average molecular weight is 423 g/mol. The molecule has 1 N–H and O–H groups in total. The number of aromatic nitrogens is 4. The highest BCUT2D eigenvalue weighted by molar-refractivity contribution is 6.31. The number of carbonyl (C=O) groups excluding carboxylic acids is 1. The minimum atomic E-state index is -0.149. The van der Waals surface area contributed by atoms with Gasteiger partial charge in [-0.25, -0.2) is 9.78 Å². The Morgan fingerprint density at radius 2 is 2.10 bits per heavy atom. The van der Waals surface area contributed by atoms with Crippen LogP contribution in [0, 0.1) is 5.92 Å². The van der Waals surface area contributed by atoms with E-state index in [9.17, 15) is 9.59 Å². The van der Waals surface area contributed by atoms with Crippen molar-refractivity contribution in [1.82, 2.24) is 19.1 Å². The molecule has 0 spiro atoms. The van der Waals surface area contributed by atoms with E-state index in [0.29, 0.717) is 22.0 Å². The van der Waals surface area contributed by atoms with Crippen LogP contribution in [0.3, 0.4) is 0 Å². The molecule has 0 amide bonds. The van der Waals surface area contributed by atoms with Gasteiger partial charge in [0.05, 0.1) is 23.8 Å². The van der Waals surface area contributed by atoms with E-state index in [0.717, 1.165) is 35.8 Å². The van der Waals surface area contributed by atoms with Gasteiger partial charge in [0.2, 0.25) is 0 Å². The van der Waals surface area contributed by atoms with Crippen LogP contribution in [0.1, 0.15) is 49.0 Å². The van der Waals surface area contributed by atoms with E-state index < -0.39 is 0 Å². The second-order valence-corrected chi connectivity index (χ2v) is 8.67. The Morgan fingerprint density at radius 3 is 2.90 bits per heavy atom.